The van der Waals surface area contributed by atoms with Gasteiger partial charge in [0.1, 0.15) is 5.76 Å². The van der Waals surface area contributed by atoms with Gasteiger partial charge >= 0.3 is 0 Å². The molecule has 1 aromatic heterocycles. The molecule has 0 amide bonds. The molecule has 1 aromatic rings. The van der Waals surface area contributed by atoms with E-state index in [0.29, 0.717) is 12.1 Å². The zero-order chi connectivity index (χ0) is 9.97. The van der Waals surface area contributed by atoms with Gasteiger partial charge in [0.25, 0.3) is 0 Å². The number of hydrogen-bond acceptors (Lipinski definition) is 3. The van der Waals surface area contributed by atoms with Crippen LogP contribution in [-0.2, 0) is 6.54 Å². The summed E-state index contributed by atoms with van der Waals surface area (Å²) in [6.45, 7) is 0.893. The molecule has 0 bridgehead atoms. The molecule has 3 heteroatoms. The zero-order valence-electron chi connectivity index (χ0n) is 8.65. The lowest BCUT2D eigenvalue weighted by Gasteiger charge is -2.22. The number of rotatable bonds is 3. The first-order valence-electron chi connectivity index (χ1n) is 5.24. The van der Waals surface area contributed by atoms with E-state index in [1.165, 1.54) is 6.42 Å². The zero-order valence-corrected chi connectivity index (χ0v) is 8.65. The van der Waals surface area contributed by atoms with Crippen molar-refractivity contribution >= 4 is 0 Å². The number of nitrogens with zero attached hydrogens (tertiary/aromatic N) is 1. The monoisotopic (exact) mass is 194 g/mol. The van der Waals surface area contributed by atoms with Crippen LogP contribution in [0.2, 0.25) is 0 Å². The fourth-order valence-electron chi connectivity index (χ4n) is 2.17. The Kier molecular flexibility index (Phi) is 2.89. The van der Waals surface area contributed by atoms with Crippen LogP contribution in [0.1, 0.15) is 25.0 Å². The Bertz CT molecular complexity index is 271. The molecule has 0 aromatic carbocycles. The molecule has 0 spiro atoms. The summed E-state index contributed by atoms with van der Waals surface area (Å²) in [6, 6.07) is 4.99. The molecule has 0 radical (unpaired) electrons. The second-order valence-corrected chi connectivity index (χ2v) is 4.22. The quantitative estimate of drug-likeness (QED) is 0.794. The lowest BCUT2D eigenvalue weighted by atomic mass is 10.2. The Labute approximate surface area is 84.9 Å². The van der Waals surface area contributed by atoms with E-state index >= 15 is 0 Å². The van der Waals surface area contributed by atoms with E-state index < -0.39 is 0 Å². The van der Waals surface area contributed by atoms with Gasteiger partial charge in [-0.15, -0.1) is 0 Å². The maximum atomic E-state index is 5.89. The summed E-state index contributed by atoms with van der Waals surface area (Å²) in [4.78, 5) is 2.34. The van der Waals surface area contributed by atoms with Gasteiger partial charge in [-0.25, -0.2) is 0 Å². The summed E-state index contributed by atoms with van der Waals surface area (Å²) in [5, 5.41) is 0. The average Bonchev–Trinajstić information content (AvgIpc) is 2.75. The minimum absolute atomic E-state index is 0.402. The van der Waals surface area contributed by atoms with Crippen molar-refractivity contribution in [1.82, 2.24) is 4.90 Å². The Hall–Kier alpha value is -0.800. The van der Waals surface area contributed by atoms with Gasteiger partial charge in [0.15, 0.2) is 0 Å². The minimum Gasteiger partial charge on any atom is -0.468 e. The van der Waals surface area contributed by atoms with Crippen LogP contribution in [0.4, 0.5) is 0 Å². The summed E-state index contributed by atoms with van der Waals surface area (Å²) >= 11 is 0. The smallest absolute Gasteiger partial charge is 0.117 e. The second-order valence-electron chi connectivity index (χ2n) is 4.22. The van der Waals surface area contributed by atoms with Crippen molar-refractivity contribution in [2.45, 2.75) is 37.9 Å². The molecule has 1 aliphatic rings. The highest BCUT2D eigenvalue weighted by molar-refractivity contribution is 4.98. The lowest BCUT2D eigenvalue weighted by molar-refractivity contribution is 0.218. The van der Waals surface area contributed by atoms with Gasteiger partial charge in [-0.05, 0) is 38.4 Å². The summed E-state index contributed by atoms with van der Waals surface area (Å²) in [7, 11) is 2.14. The van der Waals surface area contributed by atoms with Gasteiger partial charge in [0, 0.05) is 12.1 Å². The summed E-state index contributed by atoms with van der Waals surface area (Å²) in [6.07, 6.45) is 5.23. The van der Waals surface area contributed by atoms with Crippen LogP contribution in [0.5, 0.6) is 0 Å². The third-order valence-electron chi connectivity index (χ3n) is 3.05. The van der Waals surface area contributed by atoms with Gasteiger partial charge in [0.05, 0.1) is 12.8 Å². The van der Waals surface area contributed by atoms with Crippen LogP contribution >= 0.6 is 0 Å². The molecule has 2 unspecified atom stereocenters. The standard InChI is InChI=1S/C11H18N2O/c1-13(8-11-3-2-6-14-11)10-5-4-9(12)7-10/h2-3,6,9-10H,4-5,7-8,12H2,1H3. The van der Waals surface area contributed by atoms with Gasteiger partial charge < -0.3 is 10.2 Å². The molecule has 14 heavy (non-hydrogen) atoms. The van der Waals surface area contributed by atoms with Crippen molar-refractivity contribution in [2.24, 2.45) is 5.73 Å². The largest absolute Gasteiger partial charge is 0.468 e. The topological polar surface area (TPSA) is 42.4 Å². The van der Waals surface area contributed by atoms with E-state index in [9.17, 15) is 0 Å². The van der Waals surface area contributed by atoms with Crippen molar-refractivity contribution < 1.29 is 4.42 Å². The number of furan rings is 1. The predicted molar refractivity (Wildman–Crippen MR) is 55.8 cm³/mol. The van der Waals surface area contributed by atoms with Gasteiger partial charge in [-0.1, -0.05) is 0 Å². The highest BCUT2D eigenvalue weighted by Crippen LogP contribution is 2.23. The van der Waals surface area contributed by atoms with Gasteiger partial charge in [-0.2, -0.15) is 0 Å². The van der Waals surface area contributed by atoms with Crippen molar-refractivity contribution in [3.63, 3.8) is 0 Å². The third kappa shape index (κ3) is 2.16. The number of hydrogen-bond donors (Lipinski definition) is 1. The molecular weight excluding hydrogens is 176 g/mol. The second kappa shape index (κ2) is 4.15. The lowest BCUT2D eigenvalue weighted by Crippen LogP contribution is -2.30. The first kappa shape index (κ1) is 9.74. The van der Waals surface area contributed by atoms with Crippen LogP contribution in [0.15, 0.2) is 22.8 Å². The van der Waals surface area contributed by atoms with Crippen LogP contribution in [0.3, 0.4) is 0 Å². The Morgan fingerprint density at radius 2 is 2.43 bits per heavy atom. The van der Waals surface area contributed by atoms with E-state index in [-0.39, 0.29) is 0 Å². The highest BCUT2D eigenvalue weighted by atomic mass is 16.3. The Morgan fingerprint density at radius 1 is 1.57 bits per heavy atom. The van der Waals surface area contributed by atoms with Gasteiger partial charge in [-0.3, -0.25) is 4.90 Å². The SMILES string of the molecule is CN(Cc1ccco1)C1CCC(N)C1. The first-order chi connectivity index (χ1) is 6.75. The molecule has 2 rings (SSSR count). The molecule has 78 valence electrons. The normalized spacial score (nSPS) is 27.4. The molecule has 1 aliphatic carbocycles. The Morgan fingerprint density at radius 3 is 3.00 bits per heavy atom. The number of nitrogens with two attached hydrogens (primary N) is 1. The first-order valence-corrected chi connectivity index (χ1v) is 5.24. The van der Waals surface area contributed by atoms with Crippen LogP contribution < -0.4 is 5.73 Å². The minimum atomic E-state index is 0.402. The molecule has 3 nitrogen and oxygen atoms in total. The van der Waals surface area contributed by atoms with Crippen molar-refractivity contribution in [3.8, 4) is 0 Å². The maximum Gasteiger partial charge on any atom is 0.117 e. The van der Waals surface area contributed by atoms with E-state index in [0.717, 1.165) is 25.1 Å². The summed E-state index contributed by atoms with van der Waals surface area (Å²) in [5.41, 5.74) is 5.89. The van der Waals surface area contributed by atoms with Crippen LogP contribution in [-0.4, -0.2) is 24.0 Å². The summed E-state index contributed by atoms with van der Waals surface area (Å²) < 4.78 is 5.32. The summed E-state index contributed by atoms with van der Waals surface area (Å²) in [5.74, 6) is 1.04. The maximum absolute atomic E-state index is 5.89. The van der Waals surface area contributed by atoms with Crippen LogP contribution in [0, 0.1) is 0 Å². The Balaban J connectivity index is 1.87. The highest BCUT2D eigenvalue weighted by Gasteiger charge is 2.25. The van der Waals surface area contributed by atoms with Crippen molar-refractivity contribution in [1.29, 1.82) is 0 Å². The molecule has 2 N–H and O–H groups in total. The molecule has 0 aliphatic heterocycles. The van der Waals surface area contributed by atoms with Crippen LogP contribution in [0.25, 0.3) is 0 Å². The molecular formula is C11H18N2O. The van der Waals surface area contributed by atoms with Crippen molar-refractivity contribution in [3.05, 3.63) is 24.2 Å². The third-order valence-corrected chi connectivity index (χ3v) is 3.05. The molecule has 0 saturated heterocycles. The molecule has 1 fully saturated rings. The van der Waals surface area contributed by atoms with Crippen molar-refractivity contribution in [2.75, 3.05) is 7.05 Å². The molecule has 1 saturated carbocycles. The predicted octanol–water partition coefficient (Wildman–Crippen LogP) is 1.59. The fraction of sp³-hybridized carbons (Fsp3) is 0.636. The average molecular weight is 194 g/mol. The molecule has 2 atom stereocenters. The van der Waals surface area contributed by atoms with E-state index in [1.807, 2.05) is 12.1 Å². The fourth-order valence-corrected chi connectivity index (χ4v) is 2.17. The van der Waals surface area contributed by atoms with E-state index in [1.54, 1.807) is 6.26 Å². The van der Waals surface area contributed by atoms with Gasteiger partial charge in [0.2, 0.25) is 0 Å². The van der Waals surface area contributed by atoms with E-state index in [4.69, 9.17) is 10.2 Å². The molecule has 1 heterocycles. The van der Waals surface area contributed by atoms with E-state index in [2.05, 4.69) is 11.9 Å².